The van der Waals surface area contributed by atoms with Crippen molar-refractivity contribution in [3.63, 3.8) is 0 Å². The lowest BCUT2D eigenvalue weighted by molar-refractivity contribution is 0.282. The van der Waals surface area contributed by atoms with E-state index in [1.165, 1.54) is 51.4 Å². The van der Waals surface area contributed by atoms with E-state index in [-0.39, 0.29) is 12.4 Å². The molecule has 1 fully saturated rings. The second-order valence-electron chi connectivity index (χ2n) is 10.1. The third-order valence-corrected chi connectivity index (χ3v) is 7.26. The fourth-order valence-corrected chi connectivity index (χ4v) is 4.97. The van der Waals surface area contributed by atoms with Gasteiger partial charge in [0.05, 0.1) is 13.3 Å². The van der Waals surface area contributed by atoms with Crippen molar-refractivity contribution >= 4 is 0 Å². The zero-order valence-corrected chi connectivity index (χ0v) is 21.4. The molecule has 0 amide bonds. The molecule has 1 aliphatic rings. The van der Waals surface area contributed by atoms with Gasteiger partial charge in [-0.15, -0.1) is 0 Å². The maximum absolute atomic E-state index is 14.6. The molecule has 1 saturated carbocycles. The molecule has 2 rings (SSSR count). The molecular weight excluding hydrogens is 433 g/mol. The lowest BCUT2D eigenvalue weighted by Crippen LogP contribution is -2.14. The van der Waals surface area contributed by atoms with Gasteiger partial charge in [-0.2, -0.15) is 4.39 Å². The Morgan fingerprint density at radius 3 is 2.32 bits per heavy atom. The van der Waals surface area contributed by atoms with Crippen LogP contribution in [0.4, 0.5) is 13.2 Å². The Morgan fingerprint density at radius 2 is 1.56 bits per heavy atom. The number of alkyl halides is 1. The van der Waals surface area contributed by atoms with Crippen LogP contribution in [0.5, 0.6) is 5.75 Å². The van der Waals surface area contributed by atoms with Gasteiger partial charge in [0, 0.05) is 0 Å². The van der Waals surface area contributed by atoms with E-state index < -0.39 is 11.6 Å². The molecular formula is C30H47F3O. The summed E-state index contributed by atoms with van der Waals surface area (Å²) in [6.07, 6.45) is 22.8. The molecule has 0 heterocycles. The van der Waals surface area contributed by atoms with E-state index >= 15 is 0 Å². The molecule has 0 radical (unpaired) electrons. The second-order valence-corrected chi connectivity index (χ2v) is 10.1. The smallest absolute Gasteiger partial charge is 0.200 e. The molecule has 1 nitrogen and oxygen atoms in total. The van der Waals surface area contributed by atoms with Crippen LogP contribution in [0.15, 0.2) is 24.3 Å². The average Bonchev–Trinajstić information content (AvgIpc) is 2.85. The van der Waals surface area contributed by atoms with Crippen LogP contribution in [0, 0.1) is 23.5 Å². The Bertz CT molecular complexity index is 680. The Kier molecular flexibility index (Phi) is 15.2. The van der Waals surface area contributed by atoms with Gasteiger partial charge < -0.3 is 4.74 Å². The van der Waals surface area contributed by atoms with Crippen molar-refractivity contribution in [2.24, 2.45) is 11.8 Å². The summed E-state index contributed by atoms with van der Waals surface area (Å²) in [5, 5.41) is 0. The number of ether oxygens (including phenoxy) is 1. The molecule has 0 N–H and O–H groups in total. The molecule has 0 saturated heterocycles. The lowest BCUT2D eigenvalue weighted by atomic mass is 9.79. The van der Waals surface area contributed by atoms with Crippen molar-refractivity contribution in [3.8, 4) is 5.75 Å². The number of allylic oxidation sites excluding steroid dienone is 2. The van der Waals surface area contributed by atoms with Crippen molar-refractivity contribution in [1.82, 2.24) is 0 Å². The molecule has 1 aliphatic carbocycles. The van der Waals surface area contributed by atoms with Crippen LogP contribution in [-0.2, 0) is 6.42 Å². The SMILES string of the molecule is CCCCCCCOc1ccc(CCC2CCC(C=CCCCCCCCF)CC2)c(F)c1F. The maximum atomic E-state index is 14.6. The van der Waals surface area contributed by atoms with Crippen LogP contribution in [0.2, 0.25) is 0 Å². The van der Waals surface area contributed by atoms with Crippen molar-refractivity contribution in [1.29, 1.82) is 0 Å². The summed E-state index contributed by atoms with van der Waals surface area (Å²) in [6.45, 7) is 2.43. The molecule has 1 aromatic rings. The summed E-state index contributed by atoms with van der Waals surface area (Å²) in [4.78, 5) is 0. The van der Waals surface area contributed by atoms with E-state index in [2.05, 4.69) is 19.1 Å². The van der Waals surface area contributed by atoms with E-state index in [1.54, 1.807) is 12.1 Å². The molecule has 0 aliphatic heterocycles. The van der Waals surface area contributed by atoms with Crippen LogP contribution < -0.4 is 4.74 Å². The predicted molar refractivity (Wildman–Crippen MR) is 137 cm³/mol. The summed E-state index contributed by atoms with van der Waals surface area (Å²) in [5.74, 6) is -0.257. The number of hydrogen-bond donors (Lipinski definition) is 0. The second kappa shape index (κ2) is 17.9. The van der Waals surface area contributed by atoms with Gasteiger partial charge in [-0.3, -0.25) is 4.39 Å². The first-order chi connectivity index (χ1) is 16.7. The number of rotatable bonds is 18. The van der Waals surface area contributed by atoms with Crippen molar-refractivity contribution < 1.29 is 17.9 Å². The van der Waals surface area contributed by atoms with E-state index in [0.29, 0.717) is 36.8 Å². The highest BCUT2D eigenvalue weighted by molar-refractivity contribution is 5.31. The van der Waals surface area contributed by atoms with E-state index in [4.69, 9.17) is 4.74 Å². The molecule has 0 bridgehead atoms. The largest absolute Gasteiger partial charge is 0.490 e. The summed E-state index contributed by atoms with van der Waals surface area (Å²) in [7, 11) is 0. The van der Waals surface area contributed by atoms with Gasteiger partial charge in [-0.05, 0) is 87.7 Å². The van der Waals surface area contributed by atoms with E-state index in [9.17, 15) is 13.2 Å². The fraction of sp³-hybridized carbons (Fsp3) is 0.733. The first kappa shape index (κ1) is 28.8. The van der Waals surface area contributed by atoms with Crippen LogP contribution in [-0.4, -0.2) is 13.3 Å². The number of benzene rings is 1. The van der Waals surface area contributed by atoms with Gasteiger partial charge in [-0.1, -0.05) is 70.1 Å². The predicted octanol–water partition coefficient (Wildman–Crippen LogP) is 9.92. The Labute approximate surface area is 206 Å². The summed E-state index contributed by atoms with van der Waals surface area (Å²) < 4.78 is 46.6. The van der Waals surface area contributed by atoms with Crippen molar-refractivity contribution in [2.45, 2.75) is 116 Å². The third kappa shape index (κ3) is 11.3. The van der Waals surface area contributed by atoms with Crippen molar-refractivity contribution in [2.75, 3.05) is 13.3 Å². The van der Waals surface area contributed by atoms with Gasteiger partial charge >= 0.3 is 0 Å². The minimum Gasteiger partial charge on any atom is -0.490 e. The number of unbranched alkanes of at least 4 members (excludes halogenated alkanes) is 9. The minimum absolute atomic E-state index is 0.0452. The maximum Gasteiger partial charge on any atom is 0.200 e. The van der Waals surface area contributed by atoms with Crippen LogP contribution >= 0.6 is 0 Å². The Morgan fingerprint density at radius 1 is 0.853 bits per heavy atom. The highest BCUT2D eigenvalue weighted by Gasteiger charge is 2.21. The first-order valence-electron chi connectivity index (χ1n) is 14.0. The molecule has 194 valence electrons. The minimum atomic E-state index is -0.831. The van der Waals surface area contributed by atoms with Gasteiger partial charge in [-0.25, -0.2) is 4.39 Å². The highest BCUT2D eigenvalue weighted by Crippen LogP contribution is 2.33. The molecule has 0 aromatic heterocycles. The third-order valence-electron chi connectivity index (χ3n) is 7.26. The highest BCUT2D eigenvalue weighted by atomic mass is 19.2. The van der Waals surface area contributed by atoms with E-state index in [1.807, 2.05) is 0 Å². The topological polar surface area (TPSA) is 9.23 Å². The van der Waals surface area contributed by atoms with Gasteiger partial charge in [0.15, 0.2) is 11.6 Å². The normalized spacial score (nSPS) is 18.6. The molecule has 0 atom stereocenters. The fourth-order valence-electron chi connectivity index (χ4n) is 4.97. The molecule has 34 heavy (non-hydrogen) atoms. The quantitative estimate of drug-likeness (QED) is 0.150. The summed E-state index contributed by atoms with van der Waals surface area (Å²) in [6, 6.07) is 3.30. The molecule has 4 heteroatoms. The first-order valence-corrected chi connectivity index (χ1v) is 14.0. The molecule has 0 unspecified atom stereocenters. The number of hydrogen-bond acceptors (Lipinski definition) is 1. The molecule has 1 aromatic carbocycles. The van der Waals surface area contributed by atoms with Crippen LogP contribution in [0.3, 0.4) is 0 Å². The standard InChI is InChI=1S/C30H47F3O/c1-2-3-4-10-13-24-34-28-22-21-27(29(32)30(28)33)20-19-26-17-15-25(16-18-26)14-11-8-6-5-7-9-12-23-31/h11,14,21-22,25-26H,2-10,12-13,15-20,23-24H2,1H3. The molecule has 0 spiro atoms. The summed E-state index contributed by atoms with van der Waals surface area (Å²) >= 11 is 0. The average molecular weight is 481 g/mol. The number of aryl methyl sites for hydroxylation is 1. The van der Waals surface area contributed by atoms with Gasteiger partial charge in [0.2, 0.25) is 5.82 Å². The zero-order valence-electron chi connectivity index (χ0n) is 21.4. The zero-order chi connectivity index (χ0) is 24.4. The van der Waals surface area contributed by atoms with Crippen molar-refractivity contribution in [3.05, 3.63) is 41.5 Å². The Hall–Kier alpha value is -1.45. The monoisotopic (exact) mass is 480 g/mol. The van der Waals surface area contributed by atoms with Crippen LogP contribution in [0.1, 0.15) is 115 Å². The Balaban J connectivity index is 1.63. The summed E-state index contributed by atoms with van der Waals surface area (Å²) in [5.41, 5.74) is 0.473. The number of halogens is 3. The van der Waals surface area contributed by atoms with Crippen LogP contribution in [0.25, 0.3) is 0 Å². The van der Waals surface area contributed by atoms with Gasteiger partial charge in [0.25, 0.3) is 0 Å². The van der Waals surface area contributed by atoms with Gasteiger partial charge in [0.1, 0.15) is 0 Å². The van der Waals surface area contributed by atoms with E-state index in [0.717, 1.165) is 44.9 Å². The lowest BCUT2D eigenvalue weighted by Gasteiger charge is -2.27.